The number of aryl methyl sites for hydroxylation is 1. The number of benzene rings is 1. The zero-order chi connectivity index (χ0) is 21.7. The summed E-state index contributed by atoms with van der Waals surface area (Å²) in [5.41, 5.74) is 3.34. The van der Waals surface area contributed by atoms with Gasteiger partial charge in [-0.05, 0) is 43.4 Å². The maximum absolute atomic E-state index is 12.9. The fourth-order valence-electron chi connectivity index (χ4n) is 4.69. The van der Waals surface area contributed by atoms with Gasteiger partial charge in [0.25, 0.3) is 0 Å². The molecule has 6 nitrogen and oxygen atoms in total. The average molecular weight is 421 g/mol. The minimum atomic E-state index is -0.301. The summed E-state index contributed by atoms with van der Waals surface area (Å²) in [4.78, 5) is 33.5. The quantitative estimate of drug-likeness (QED) is 0.748. The second-order valence-corrected chi connectivity index (χ2v) is 9.01. The Morgan fingerprint density at radius 2 is 1.87 bits per heavy atom. The number of hydrogen-bond donors (Lipinski definition) is 1. The fourth-order valence-corrected chi connectivity index (χ4v) is 4.69. The van der Waals surface area contributed by atoms with Crippen LogP contribution < -0.4 is 5.32 Å². The van der Waals surface area contributed by atoms with Crippen LogP contribution in [0, 0.1) is 6.92 Å². The Labute approximate surface area is 184 Å². The molecule has 0 saturated carbocycles. The van der Waals surface area contributed by atoms with E-state index in [2.05, 4.69) is 52.5 Å². The zero-order valence-corrected chi connectivity index (χ0v) is 18.3. The third-order valence-electron chi connectivity index (χ3n) is 6.57. The van der Waals surface area contributed by atoms with Crippen LogP contribution in [0.3, 0.4) is 0 Å². The molecular formula is C25H32N4O2. The molecule has 2 aliphatic heterocycles. The molecule has 6 heteroatoms. The van der Waals surface area contributed by atoms with Crippen molar-refractivity contribution in [2.75, 3.05) is 26.2 Å². The summed E-state index contributed by atoms with van der Waals surface area (Å²) in [5.74, 6) is 0.300. The lowest BCUT2D eigenvalue weighted by Crippen LogP contribution is -2.49. The standard InChI is InChI=1S/C25H32N4O2/c1-20-4-6-21(7-5-20)17-25(10-8-23(30)27-25)11-9-24(31)29-15-13-28(14-16-29)19-22-3-2-12-26-18-22/h2-7,12,18H,8-11,13-17,19H2,1H3,(H,27,30)/t25-/m1/s1. The van der Waals surface area contributed by atoms with Crippen molar-refractivity contribution in [1.82, 2.24) is 20.1 Å². The molecule has 1 N–H and O–H groups in total. The highest BCUT2D eigenvalue weighted by Gasteiger charge is 2.38. The van der Waals surface area contributed by atoms with Gasteiger partial charge in [-0.25, -0.2) is 0 Å². The van der Waals surface area contributed by atoms with Crippen LogP contribution in [0.4, 0.5) is 0 Å². The highest BCUT2D eigenvalue weighted by atomic mass is 16.2. The second-order valence-electron chi connectivity index (χ2n) is 9.01. The van der Waals surface area contributed by atoms with E-state index in [4.69, 9.17) is 0 Å². The molecule has 2 aromatic rings. The minimum absolute atomic E-state index is 0.101. The van der Waals surface area contributed by atoms with E-state index < -0.39 is 0 Å². The summed E-state index contributed by atoms with van der Waals surface area (Å²) in [5, 5.41) is 3.20. The van der Waals surface area contributed by atoms with Crippen LogP contribution in [0.25, 0.3) is 0 Å². The van der Waals surface area contributed by atoms with Gasteiger partial charge in [0.05, 0.1) is 0 Å². The van der Waals surface area contributed by atoms with Crippen molar-refractivity contribution in [3.8, 4) is 0 Å². The molecule has 31 heavy (non-hydrogen) atoms. The van der Waals surface area contributed by atoms with Crippen molar-refractivity contribution in [3.05, 3.63) is 65.5 Å². The van der Waals surface area contributed by atoms with Gasteiger partial charge in [0.1, 0.15) is 0 Å². The van der Waals surface area contributed by atoms with Gasteiger partial charge < -0.3 is 10.2 Å². The summed E-state index contributed by atoms with van der Waals surface area (Å²) < 4.78 is 0. The number of hydrogen-bond acceptors (Lipinski definition) is 4. The molecule has 0 spiro atoms. The number of nitrogens with zero attached hydrogens (tertiary/aromatic N) is 3. The molecule has 0 bridgehead atoms. The molecule has 2 saturated heterocycles. The monoisotopic (exact) mass is 420 g/mol. The van der Waals surface area contributed by atoms with E-state index >= 15 is 0 Å². The Morgan fingerprint density at radius 3 is 2.52 bits per heavy atom. The molecule has 4 rings (SSSR count). The van der Waals surface area contributed by atoms with Crippen LogP contribution in [0.1, 0.15) is 42.4 Å². The summed E-state index contributed by atoms with van der Waals surface area (Å²) in [6, 6.07) is 12.5. The minimum Gasteiger partial charge on any atom is -0.350 e. The lowest BCUT2D eigenvalue weighted by Gasteiger charge is -2.36. The number of carbonyl (C=O) groups excluding carboxylic acids is 2. The van der Waals surface area contributed by atoms with Gasteiger partial charge in [0.2, 0.25) is 11.8 Å². The van der Waals surface area contributed by atoms with Gasteiger partial charge in [-0.15, -0.1) is 0 Å². The van der Waals surface area contributed by atoms with Crippen molar-refractivity contribution in [3.63, 3.8) is 0 Å². The van der Waals surface area contributed by atoms with E-state index in [0.717, 1.165) is 45.6 Å². The molecule has 2 amide bonds. The van der Waals surface area contributed by atoms with Gasteiger partial charge in [-0.3, -0.25) is 19.5 Å². The summed E-state index contributed by atoms with van der Waals surface area (Å²) in [6.45, 7) is 6.23. The van der Waals surface area contributed by atoms with Crippen LogP contribution in [0.2, 0.25) is 0 Å². The van der Waals surface area contributed by atoms with Crippen molar-refractivity contribution < 1.29 is 9.59 Å². The Bertz CT molecular complexity index is 891. The Balaban J connectivity index is 1.29. The van der Waals surface area contributed by atoms with E-state index in [1.807, 2.05) is 17.2 Å². The normalized spacial score (nSPS) is 21.8. The number of nitrogens with one attached hydrogen (secondary N) is 1. The van der Waals surface area contributed by atoms with Crippen molar-refractivity contribution in [1.29, 1.82) is 0 Å². The molecule has 164 valence electrons. The predicted octanol–water partition coefficient (Wildman–Crippen LogP) is 2.71. The van der Waals surface area contributed by atoms with Gasteiger partial charge in [-0.2, -0.15) is 0 Å². The third kappa shape index (κ3) is 5.70. The molecular weight excluding hydrogens is 388 g/mol. The highest BCUT2D eigenvalue weighted by molar-refractivity contribution is 5.80. The summed E-state index contributed by atoms with van der Waals surface area (Å²) >= 11 is 0. The fraction of sp³-hybridized carbons (Fsp3) is 0.480. The molecule has 0 aliphatic carbocycles. The van der Waals surface area contributed by atoms with Crippen LogP contribution in [-0.2, 0) is 22.6 Å². The van der Waals surface area contributed by atoms with Gasteiger partial charge in [0, 0.05) is 63.5 Å². The van der Waals surface area contributed by atoms with E-state index in [9.17, 15) is 9.59 Å². The number of pyridine rings is 1. The van der Waals surface area contributed by atoms with Gasteiger partial charge in [0.15, 0.2) is 0 Å². The van der Waals surface area contributed by atoms with Crippen molar-refractivity contribution in [2.45, 2.75) is 51.1 Å². The maximum atomic E-state index is 12.9. The lowest BCUT2D eigenvalue weighted by atomic mass is 9.84. The van der Waals surface area contributed by atoms with Crippen LogP contribution in [-0.4, -0.2) is 58.3 Å². The number of piperazine rings is 1. The Morgan fingerprint density at radius 1 is 1.10 bits per heavy atom. The average Bonchev–Trinajstić information content (AvgIpc) is 3.15. The van der Waals surface area contributed by atoms with Crippen LogP contribution in [0.5, 0.6) is 0 Å². The largest absolute Gasteiger partial charge is 0.350 e. The van der Waals surface area contributed by atoms with Gasteiger partial charge >= 0.3 is 0 Å². The Kier molecular flexibility index (Phi) is 6.66. The molecule has 1 atom stereocenters. The Hall–Kier alpha value is -2.73. The summed E-state index contributed by atoms with van der Waals surface area (Å²) in [6.07, 6.45) is 7.00. The molecule has 1 aromatic carbocycles. The first-order chi connectivity index (χ1) is 15.0. The first kappa shape index (κ1) is 21.5. The smallest absolute Gasteiger partial charge is 0.222 e. The molecule has 0 unspecified atom stereocenters. The second kappa shape index (κ2) is 9.60. The molecule has 2 aliphatic rings. The van der Waals surface area contributed by atoms with Crippen molar-refractivity contribution >= 4 is 11.8 Å². The third-order valence-corrected chi connectivity index (χ3v) is 6.57. The first-order valence-corrected chi connectivity index (χ1v) is 11.3. The lowest BCUT2D eigenvalue weighted by molar-refractivity contribution is -0.133. The van der Waals surface area contributed by atoms with Gasteiger partial charge in [-0.1, -0.05) is 35.9 Å². The molecule has 1 aromatic heterocycles. The van der Waals surface area contributed by atoms with Crippen LogP contribution in [0.15, 0.2) is 48.8 Å². The highest BCUT2D eigenvalue weighted by Crippen LogP contribution is 2.30. The first-order valence-electron chi connectivity index (χ1n) is 11.3. The SMILES string of the molecule is Cc1ccc(C[C@]2(CCC(=O)N3CCN(Cc4cccnc4)CC3)CCC(=O)N2)cc1. The van der Waals surface area contributed by atoms with Crippen LogP contribution >= 0.6 is 0 Å². The summed E-state index contributed by atoms with van der Waals surface area (Å²) in [7, 11) is 0. The number of carbonyl (C=O) groups is 2. The van der Waals surface area contributed by atoms with E-state index in [-0.39, 0.29) is 17.4 Å². The number of amides is 2. The van der Waals surface area contributed by atoms with Crippen molar-refractivity contribution in [2.24, 2.45) is 0 Å². The predicted molar refractivity (Wildman–Crippen MR) is 120 cm³/mol. The molecule has 2 fully saturated rings. The van der Waals surface area contributed by atoms with E-state index in [0.29, 0.717) is 19.3 Å². The molecule has 3 heterocycles. The van der Waals surface area contributed by atoms with E-state index in [1.54, 1.807) is 6.20 Å². The van der Waals surface area contributed by atoms with E-state index in [1.165, 1.54) is 16.7 Å². The maximum Gasteiger partial charge on any atom is 0.222 e. The number of aromatic nitrogens is 1. The molecule has 0 radical (unpaired) electrons. The zero-order valence-electron chi connectivity index (χ0n) is 18.3. The topological polar surface area (TPSA) is 65.5 Å². The number of rotatable bonds is 7.